The van der Waals surface area contributed by atoms with E-state index in [1.807, 2.05) is 11.8 Å². The van der Waals surface area contributed by atoms with Gasteiger partial charge in [0.05, 0.1) is 23.1 Å². The van der Waals surface area contributed by atoms with Gasteiger partial charge in [-0.05, 0) is 68.8 Å². The lowest BCUT2D eigenvalue weighted by atomic mass is 10.1. The van der Waals surface area contributed by atoms with Gasteiger partial charge in [-0.2, -0.15) is 13.2 Å². The molecule has 0 aliphatic carbocycles. The van der Waals surface area contributed by atoms with Gasteiger partial charge in [0.2, 0.25) is 11.2 Å². The average molecular weight is 520 g/mol. The standard InChI is InChI=1S/C27H28F3NO6/c1-2-15-35-26(34)17-7-9-18(10-8-17)36-24-22(33)19-11-12-21(32)20(16-31-13-5-3-4-6-14-31)23(19)37-25(24)27(28,29)30/h7-12,32H,2-6,13-16H2,1H3. The van der Waals surface area contributed by atoms with Crippen LogP contribution in [0.4, 0.5) is 13.2 Å². The quantitative estimate of drug-likeness (QED) is 0.369. The fourth-order valence-electron chi connectivity index (χ4n) is 4.29. The van der Waals surface area contributed by atoms with E-state index in [1.165, 1.54) is 36.4 Å². The van der Waals surface area contributed by atoms with Gasteiger partial charge >= 0.3 is 12.1 Å². The molecule has 0 spiro atoms. The van der Waals surface area contributed by atoms with Crippen LogP contribution in [0.3, 0.4) is 0 Å². The molecule has 0 saturated carbocycles. The highest BCUT2D eigenvalue weighted by Gasteiger charge is 2.41. The third-order valence-corrected chi connectivity index (χ3v) is 6.18. The lowest BCUT2D eigenvalue weighted by Crippen LogP contribution is -2.24. The molecule has 0 bridgehead atoms. The van der Waals surface area contributed by atoms with Crippen molar-refractivity contribution in [2.24, 2.45) is 0 Å². The van der Waals surface area contributed by atoms with Gasteiger partial charge in [0.25, 0.3) is 5.76 Å². The minimum atomic E-state index is -5.04. The van der Waals surface area contributed by atoms with E-state index in [0.717, 1.165) is 38.8 Å². The number of alkyl halides is 3. The Hall–Kier alpha value is -3.53. The Bertz CT molecular complexity index is 1310. The van der Waals surface area contributed by atoms with Gasteiger partial charge in [-0.25, -0.2) is 4.79 Å². The maximum Gasteiger partial charge on any atom is 0.453 e. The maximum atomic E-state index is 14.0. The molecular formula is C27H28F3NO6. The molecule has 2 heterocycles. The second kappa shape index (κ2) is 11.2. The van der Waals surface area contributed by atoms with Crippen molar-refractivity contribution in [2.45, 2.75) is 51.7 Å². The Kier molecular flexibility index (Phi) is 8.06. The molecule has 0 radical (unpaired) electrons. The van der Waals surface area contributed by atoms with E-state index >= 15 is 0 Å². The highest BCUT2D eigenvalue weighted by atomic mass is 19.4. The van der Waals surface area contributed by atoms with Crippen LogP contribution in [0.25, 0.3) is 11.0 Å². The molecule has 1 fully saturated rings. The third-order valence-electron chi connectivity index (χ3n) is 6.18. The Balaban J connectivity index is 1.73. The summed E-state index contributed by atoms with van der Waals surface area (Å²) in [6.45, 7) is 3.69. The molecule has 10 heteroatoms. The highest BCUT2D eigenvalue weighted by Crippen LogP contribution is 2.40. The van der Waals surface area contributed by atoms with E-state index in [-0.39, 0.29) is 46.7 Å². The Morgan fingerprint density at radius 2 is 1.73 bits per heavy atom. The van der Waals surface area contributed by atoms with Crippen LogP contribution in [0.5, 0.6) is 17.2 Å². The first kappa shape index (κ1) is 26.5. The van der Waals surface area contributed by atoms with Gasteiger partial charge in [0, 0.05) is 6.54 Å². The zero-order chi connectivity index (χ0) is 26.6. The molecule has 1 aromatic heterocycles. The van der Waals surface area contributed by atoms with Gasteiger partial charge in [-0.15, -0.1) is 0 Å². The largest absolute Gasteiger partial charge is 0.507 e. The summed E-state index contributed by atoms with van der Waals surface area (Å²) in [7, 11) is 0. The molecule has 1 aliphatic heterocycles. The molecule has 1 N–H and O–H groups in total. The van der Waals surface area contributed by atoms with Crippen LogP contribution in [-0.4, -0.2) is 35.7 Å². The summed E-state index contributed by atoms with van der Waals surface area (Å²) in [6.07, 6.45) is -0.396. The summed E-state index contributed by atoms with van der Waals surface area (Å²) in [5, 5.41) is 10.4. The van der Waals surface area contributed by atoms with Gasteiger partial charge in [0.15, 0.2) is 0 Å². The highest BCUT2D eigenvalue weighted by molar-refractivity contribution is 5.89. The number of esters is 1. The Morgan fingerprint density at radius 1 is 1.05 bits per heavy atom. The van der Waals surface area contributed by atoms with Crippen molar-refractivity contribution in [1.82, 2.24) is 4.90 Å². The van der Waals surface area contributed by atoms with E-state index in [2.05, 4.69) is 0 Å². The molecule has 0 amide bonds. The van der Waals surface area contributed by atoms with Gasteiger partial charge < -0.3 is 19.0 Å². The SMILES string of the molecule is CCCOC(=O)c1ccc(Oc2c(C(F)(F)F)oc3c(CN4CCCCCC4)c(O)ccc3c2=O)cc1. The first-order valence-corrected chi connectivity index (χ1v) is 12.2. The van der Waals surface area contributed by atoms with E-state index in [0.29, 0.717) is 6.42 Å². The number of carbonyl (C=O) groups excluding carboxylic acids is 1. The Labute approximate surface area is 211 Å². The molecule has 1 saturated heterocycles. The van der Waals surface area contributed by atoms with Crippen molar-refractivity contribution in [3.05, 3.63) is 63.5 Å². The van der Waals surface area contributed by atoms with Gasteiger partial charge in [0.1, 0.15) is 17.1 Å². The number of hydrogen-bond donors (Lipinski definition) is 1. The summed E-state index contributed by atoms with van der Waals surface area (Å²) < 4.78 is 57.8. The number of phenols is 1. The minimum absolute atomic E-state index is 0.0900. The predicted molar refractivity (Wildman–Crippen MR) is 130 cm³/mol. The lowest BCUT2D eigenvalue weighted by Gasteiger charge is -2.21. The van der Waals surface area contributed by atoms with Crippen LogP contribution >= 0.6 is 0 Å². The van der Waals surface area contributed by atoms with Crippen LogP contribution in [-0.2, 0) is 17.5 Å². The first-order chi connectivity index (χ1) is 17.7. The molecule has 0 unspecified atom stereocenters. The summed E-state index contributed by atoms with van der Waals surface area (Å²) in [4.78, 5) is 27.3. The fourth-order valence-corrected chi connectivity index (χ4v) is 4.29. The number of aromatic hydroxyl groups is 1. The van der Waals surface area contributed by atoms with E-state index in [4.69, 9.17) is 13.9 Å². The number of fused-ring (bicyclic) bond motifs is 1. The maximum absolute atomic E-state index is 14.0. The summed E-state index contributed by atoms with van der Waals surface area (Å²) >= 11 is 0. The average Bonchev–Trinajstić information content (AvgIpc) is 3.14. The van der Waals surface area contributed by atoms with Crippen molar-refractivity contribution in [3.8, 4) is 17.2 Å². The molecule has 3 aromatic rings. The van der Waals surface area contributed by atoms with Crippen molar-refractivity contribution in [2.75, 3.05) is 19.7 Å². The van der Waals surface area contributed by atoms with Crippen molar-refractivity contribution < 1.29 is 37.0 Å². The zero-order valence-corrected chi connectivity index (χ0v) is 20.4. The number of hydrogen-bond acceptors (Lipinski definition) is 7. The number of carbonyl (C=O) groups is 1. The molecule has 1 aliphatic rings. The number of benzene rings is 2. The number of phenolic OH excluding ortho intramolecular Hbond substituents is 1. The number of likely N-dealkylation sites (tertiary alicyclic amines) is 1. The summed E-state index contributed by atoms with van der Waals surface area (Å²) in [5.41, 5.74) is -1.01. The number of halogens is 3. The third kappa shape index (κ3) is 6.07. The van der Waals surface area contributed by atoms with Gasteiger partial charge in [-0.3, -0.25) is 9.69 Å². The van der Waals surface area contributed by atoms with Crippen molar-refractivity contribution in [3.63, 3.8) is 0 Å². The molecule has 2 aromatic carbocycles. The number of rotatable bonds is 7. The molecule has 7 nitrogen and oxygen atoms in total. The smallest absolute Gasteiger partial charge is 0.453 e. The zero-order valence-electron chi connectivity index (χ0n) is 20.4. The second-order valence-corrected chi connectivity index (χ2v) is 8.98. The van der Waals surface area contributed by atoms with Crippen molar-refractivity contribution in [1.29, 1.82) is 0 Å². The Morgan fingerprint density at radius 3 is 2.35 bits per heavy atom. The van der Waals surface area contributed by atoms with Crippen LogP contribution in [0.1, 0.15) is 60.7 Å². The molecule has 198 valence electrons. The van der Waals surface area contributed by atoms with E-state index in [1.54, 1.807) is 0 Å². The summed E-state index contributed by atoms with van der Waals surface area (Å²) in [6, 6.07) is 7.71. The minimum Gasteiger partial charge on any atom is -0.507 e. The normalized spacial score (nSPS) is 14.9. The monoisotopic (exact) mass is 519 g/mol. The second-order valence-electron chi connectivity index (χ2n) is 8.98. The molecule has 37 heavy (non-hydrogen) atoms. The first-order valence-electron chi connectivity index (χ1n) is 12.2. The van der Waals surface area contributed by atoms with Crippen LogP contribution in [0.15, 0.2) is 45.6 Å². The van der Waals surface area contributed by atoms with Crippen LogP contribution < -0.4 is 10.2 Å². The number of ether oxygens (including phenoxy) is 2. The molecular weight excluding hydrogens is 491 g/mol. The topological polar surface area (TPSA) is 89.2 Å². The fraction of sp³-hybridized carbons (Fsp3) is 0.407. The predicted octanol–water partition coefficient (Wildman–Crippen LogP) is 6.25. The lowest BCUT2D eigenvalue weighted by molar-refractivity contribution is -0.154. The van der Waals surface area contributed by atoms with E-state index in [9.17, 15) is 27.9 Å². The number of nitrogens with zero attached hydrogens (tertiary/aromatic N) is 1. The van der Waals surface area contributed by atoms with Crippen LogP contribution in [0.2, 0.25) is 0 Å². The van der Waals surface area contributed by atoms with Crippen LogP contribution in [0, 0.1) is 0 Å². The molecule has 0 atom stereocenters. The van der Waals surface area contributed by atoms with Crippen molar-refractivity contribution >= 4 is 16.9 Å². The van der Waals surface area contributed by atoms with Gasteiger partial charge in [-0.1, -0.05) is 19.8 Å². The molecule has 4 rings (SSSR count). The summed E-state index contributed by atoms with van der Waals surface area (Å²) in [5.74, 6) is -3.53. The van der Waals surface area contributed by atoms with E-state index < -0.39 is 29.1 Å².